The molecule has 0 atom stereocenters. The van der Waals surface area contributed by atoms with Crippen LogP contribution in [0.1, 0.15) is 15.9 Å². The van der Waals surface area contributed by atoms with Gasteiger partial charge in [-0.25, -0.2) is 0 Å². The highest BCUT2D eigenvalue weighted by molar-refractivity contribution is 9.11. The van der Waals surface area contributed by atoms with Gasteiger partial charge in [0.25, 0.3) is 0 Å². The number of hydrogen-bond donors (Lipinski definition) is 0. The Kier molecular flexibility index (Phi) is 6.02. The molecule has 120 valence electrons. The van der Waals surface area contributed by atoms with Gasteiger partial charge in [0.2, 0.25) is 0 Å². The number of nitrogens with zero attached hydrogens (tertiary/aromatic N) is 1. The molecule has 0 aromatic heterocycles. The maximum absolute atomic E-state index is 12.3. The van der Waals surface area contributed by atoms with E-state index in [9.17, 15) is 4.79 Å². The van der Waals surface area contributed by atoms with Gasteiger partial charge in [-0.3, -0.25) is 4.79 Å². The first-order chi connectivity index (χ1) is 10.9. The highest BCUT2D eigenvalue weighted by Gasteiger charge is 2.07. The van der Waals surface area contributed by atoms with Gasteiger partial charge in [-0.1, -0.05) is 12.1 Å². The van der Waals surface area contributed by atoms with Gasteiger partial charge in [0, 0.05) is 24.1 Å². The first kappa shape index (κ1) is 17.8. The van der Waals surface area contributed by atoms with Crippen LogP contribution in [0.5, 0.6) is 5.75 Å². The minimum absolute atomic E-state index is 0.0545. The second kappa shape index (κ2) is 7.79. The monoisotopic (exact) mass is 437 g/mol. The molecule has 0 aliphatic carbocycles. The molecule has 0 aliphatic rings. The quantitative estimate of drug-likeness (QED) is 0.475. The summed E-state index contributed by atoms with van der Waals surface area (Å²) >= 11 is 6.93. The molecule has 0 saturated carbocycles. The maximum atomic E-state index is 12.3. The molecule has 2 aromatic carbocycles. The topological polar surface area (TPSA) is 29.5 Å². The van der Waals surface area contributed by atoms with E-state index < -0.39 is 0 Å². The van der Waals surface area contributed by atoms with Crippen LogP contribution in [0.15, 0.2) is 51.4 Å². The van der Waals surface area contributed by atoms with Crippen molar-refractivity contribution in [2.45, 2.75) is 0 Å². The Morgan fingerprint density at radius 3 is 2.39 bits per heavy atom. The summed E-state index contributed by atoms with van der Waals surface area (Å²) in [5.74, 6) is 0.648. The number of ketones is 1. The van der Waals surface area contributed by atoms with Crippen LogP contribution in [0.3, 0.4) is 0 Å². The minimum Gasteiger partial charge on any atom is -0.496 e. The van der Waals surface area contributed by atoms with Crippen molar-refractivity contribution in [3.05, 3.63) is 62.5 Å². The van der Waals surface area contributed by atoms with Crippen molar-refractivity contribution in [3.8, 4) is 5.75 Å². The second-order valence-electron chi connectivity index (χ2n) is 5.15. The number of carbonyl (C=O) groups excluding carboxylic acids is 1. The van der Waals surface area contributed by atoms with Crippen molar-refractivity contribution in [2.75, 3.05) is 26.1 Å². The van der Waals surface area contributed by atoms with Gasteiger partial charge in [0.1, 0.15) is 5.75 Å². The minimum atomic E-state index is -0.0545. The molecule has 0 radical (unpaired) electrons. The smallest absolute Gasteiger partial charge is 0.185 e. The molecule has 0 saturated heterocycles. The lowest BCUT2D eigenvalue weighted by Crippen LogP contribution is -2.09. The summed E-state index contributed by atoms with van der Waals surface area (Å²) in [7, 11) is 5.57. The Bertz CT molecular complexity index is 755. The van der Waals surface area contributed by atoms with Gasteiger partial charge in [0.15, 0.2) is 5.78 Å². The van der Waals surface area contributed by atoms with E-state index in [2.05, 4.69) is 31.9 Å². The average molecular weight is 439 g/mol. The van der Waals surface area contributed by atoms with Crippen LogP contribution in [-0.4, -0.2) is 27.0 Å². The highest BCUT2D eigenvalue weighted by atomic mass is 79.9. The number of benzene rings is 2. The molecule has 0 amide bonds. The molecule has 0 spiro atoms. The zero-order chi connectivity index (χ0) is 17.0. The molecule has 0 fully saturated rings. The lowest BCUT2D eigenvalue weighted by molar-refractivity contribution is 0.104. The Morgan fingerprint density at radius 2 is 1.83 bits per heavy atom. The van der Waals surface area contributed by atoms with Crippen molar-refractivity contribution in [3.63, 3.8) is 0 Å². The van der Waals surface area contributed by atoms with Crippen molar-refractivity contribution in [2.24, 2.45) is 0 Å². The van der Waals surface area contributed by atoms with E-state index in [4.69, 9.17) is 4.74 Å². The van der Waals surface area contributed by atoms with Crippen LogP contribution in [0.25, 0.3) is 6.08 Å². The molecule has 5 heteroatoms. The molecule has 23 heavy (non-hydrogen) atoms. The summed E-state index contributed by atoms with van der Waals surface area (Å²) < 4.78 is 6.92. The summed E-state index contributed by atoms with van der Waals surface area (Å²) in [5.41, 5.74) is 2.66. The zero-order valence-corrected chi connectivity index (χ0v) is 16.3. The molecule has 2 aromatic rings. The first-order valence-electron chi connectivity index (χ1n) is 6.95. The molecule has 0 unspecified atom stereocenters. The van der Waals surface area contributed by atoms with Gasteiger partial charge >= 0.3 is 0 Å². The van der Waals surface area contributed by atoms with Gasteiger partial charge in [0.05, 0.1) is 17.3 Å². The Labute approximate surface area is 153 Å². The molecule has 0 heterocycles. The summed E-state index contributed by atoms with van der Waals surface area (Å²) in [6.45, 7) is 0. The largest absolute Gasteiger partial charge is 0.496 e. The van der Waals surface area contributed by atoms with Crippen molar-refractivity contribution in [1.29, 1.82) is 0 Å². The molecular weight excluding hydrogens is 422 g/mol. The van der Waals surface area contributed by atoms with Gasteiger partial charge in [-0.2, -0.15) is 0 Å². The number of halogens is 2. The number of allylic oxidation sites excluding steroid dienone is 1. The van der Waals surface area contributed by atoms with Crippen LogP contribution < -0.4 is 9.64 Å². The number of anilines is 1. The SMILES string of the molecule is COc1ccc(C(=O)/C=C/c2ccc(N(C)C)c(Br)c2)cc1Br. The lowest BCUT2D eigenvalue weighted by atomic mass is 10.1. The fraction of sp³-hybridized carbons (Fsp3) is 0.167. The number of carbonyl (C=O) groups is 1. The van der Waals surface area contributed by atoms with Gasteiger partial charge < -0.3 is 9.64 Å². The summed E-state index contributed by atoms with van der Waals surface area (Å²) in [5, 5.41) is 0. The van der Waals surface area contributed by atoms with E-state index >= 15 is 0 Å². The fourth-order valence-corrected chi connectivity index (χ4v) is 3.37. The Balaban J connectivity index is 2.18. The van der Waals surface area contributed by atoms with Gasteiger partial charge in [-0.15, -0.1) is 0 Å². The predicted octanol–water partition coefficient (Wildman–Crippen LogP) is 5.18. The zero-order valence-electron chi connectivity index (χ0n) is 13.1. The van der Waals surface area contributed by atoms with Crippen LogP contribution in [0.4, 0.5) is 5.69 Å². The molecule has 0 aliphatic heterocycles. The third-order valence-corrected chi connectivity index (χ3v) is 4.57. The maximum Gasteiger partial charge on any atom is 0.185 e. The summed E-state index contributed by atoms with van der Waals surface area (Å²) in [4.78, 5) is 14.3. The summed E-state index contributed by atoms with van der Waals surface area (Å²) in [6, 6.07) is 11.3. The third-order valence-electron chi connectivity index (χ3n) is 3.32. The number of rotatable bonds is 5. The summed E-state index contributed by atoms with van der Waals surface area (Å²) in [6.07, 6.45) is 3.38. The third kappa shape index (κ3) is 4.45. The van der Waals surface area contributed by atoms with E-state index in [0.29, 0.717) is 11.3 Å². The van der Waals surface area contributed by atoms with E-state index in [-0.39, 0.29) is 5.78 Å². The standard InChI is InChI=1S/C18H17Br2NO2/c1-21(2)16-7-4-12(10-14(16)19)5-8-17(22)13-6-9-18(23-3)15(20)11-13/h4-11H,1-3H3/b8-5+. The van der Waals surface area contributed by atoms with Crippen molar-refractivity contribution in [1.82, 2.24) is 0 Å². The van der Waals surface area contributed by atoms with E-state index in [1.54, 1.807) is 31.4 Å². The molecule has 0 N–H and O–H groups in total. The Morgan fingerprint density at radius 1 is 1.09 bits per heavy atom. The van der Waals surface area contributed by atoms with Gasteiger partial charge in [-0.05, 0) is 73.8 Å². The van der Waals surface area contributed by atoms with Crippen molar-refractivity contribution >= 4 is 49.4 Å². The normalized spacial score (nSPS) is 10.8. The second-order valence-corrected chi connectivity index (χ2v) is 6.86. The molecule has 2 rings (SSSR count). The van der Waals surface area contributed by atoms with Crippen LogP contribution >= 0.6 is 31.9 Å². The average Bonchev–Trinajstić information content (AvgIpc) is 2.52. The van der Waals surface area contributed by atoms with Crippen LogP contribution in [0.2, 0.25) is 0 Å². The predicted molar refractivity (Wildman–Crippen MR) is 103 cm³/mol. The molecule has 0 bridgehead atoms. The number of hydrogen-bond acceptors (Lipinski definition) is 3. The molecular formula is C18H17Br2NO2. The van der Waals surface area contributed by atoms with E-state index in [1.165, 1.54) is 0 Å². The number of ether oxygens (including phenoxy) is 1. The highest BCUT2D eigenvalue weighted by Crippen LogP contribution is 2.27. The number of methoxy groups -OCH3 is 1. The van der Waals surface area contributed by atoms with E-state index in [0.717, 1.165) is 20.2 Å². The lowest BCUT2D eigenvalue weighted by Gasteiger charge is -2.14. The Hall–Kier alpha value is -1.59. The molecule has 3 nitrogen and oxygen atoms in total. The van der Waals surface area contributed by atoms with Crippen molar-refractivity contribution < 1.29 is 9.53 Å². The van der Waals surface area contributed by atoms with Crippen LogP contribution in [-0.2, 0) is 0 Å². The van der Waals surface area contributed by atoms with Crippen LogP contribution in [0, 0.1) is 0 Å². The fourth-order valence-electron chi connectivity index (χ4n) is 2.08. The first-order valence-corrected chi connectivity index (χ1v) is 8.54. The van der Waals surface area contributed by atoms with E-state index in [1.807, 2.05) is 43.3 Å².